The van der Waals surface area contributed by atoms with E-state index in [1.165, 1.54) is 0 Å². The van der Waals surface area contributed by atoms with E-state index in [2.05, 4.69) is 0 Å². The second kappa shape index (κ2) is 4.57. The second-order valence-corrected chi connectivity index (χ2v) is 6.23. The van der Waals surface area contributed by atoms with E-state index in [4.69, 9.17) is 11.6 Å². The van der Waals surface area contributed by atoms with Crippen molar-refractivity contribution in [3.05, 3.63) is 0 Å². The summed E-state index contributed by atoms with van der Waals surface area (Å²) in [6.45, 7) is 0. The fourth-order valence-corrected chi connectivity index (χ4v) is 3.57. The first-order valence-electron chi connectivity index (χ1n) is 4.44. The van der Waals surface area contributed by atoms with Gasteiger partial charge in [0.25, 0.3) is 5.24 Å². The van der Waals surface area contributed by atoms with Crippen LogP contribution in [-0.2, 0) is 14.6 Å². The van der Waals surface area contributed by atoms with Crippen molar-refractivity contribution in [2.45, 2.75) is 25.4 Å². The SMILES string of the molecule is O=C(Cl)C(F)CC1CCCS(=O)(=O)C1. The molecule has 82 valence electrons. The first-order valence-corrected chi connectivity index (χ1v) is 6.64. The molecule has 1 aliphatic heterocycles. The topological polar surface area (TPSA) is 51.2 Å². The molecule has 0 N–H and O–H groups in total. The van der Waals surface area contributed by atoms with E-state index in [1.54, 1.807) is 0 Å². The minimum atomic E-state index is -3.02. The van der Waals surface area contributed by atoms with Crippen LogP contribution in [0.5, 0.6) is 0 Å². The Hall–Kier alpha value is -0.160. The van der Waals surface area contributed by atoms with Crippen LogP contribution >= 0.6 is 11.6 Å². The minimum absolute atomic E-state index is 0.0163. The molecule has 3 nitrogen and oxygen atoms in total. The molecule has 0 radical (unpaired) electrons. The molecule has 0 bridgehead atoms. The summed E-state index contributed by atoms with van der Waals surface area (Å²) in [6, 6.07) is 0. The third-order valence-electron chi connectivity index (χ3n) is 2.34. The van der Waals surface area contributed by atoms with Crippen LogP contribution in [0, 0.1) is 5.92 Å². The van der Waals surface area contributed by atoms with Gasteiger partial charge in [-0.1, -0.05) is 0 Å². The molecule has 2 atom stereocenters. The van der Waals surface area contributed by atoms with Gasteiger partial charge in [0, 0.05) is 0 Å². The highest BCUT2D eigenvalue weighted by Gasteiger charge is 2.28. The molecule has 0 aromatic carbocycles. The van der Waals surface area contributed by atoms with Gasteiger partial charge in [0.05, 0.1) is 11.5 Å². The van der Waals surface area contributed by atoms with Crippen molar-refractivity contribution in [1.29, 1.82) is 0 Å². The largest absolute Gasteiger partial charge is 0.278 e. The Morgan fingerprint density at radius 3 is 2.71 bits per heavy atom. The zero-order chi connectivity index (χ0) is 10.8. The summed E-state index contributed by atoms with van der Waals surface area (Å²) in [6.07, 6.45) is -0.586. The number of halogens is 2. The summed E-state index contributed by atoms with van der Waals surface area (Å²) in [4.78, 5) is 10.4. The number of rotatable bonds is 3. The second-order valence-electron chi connectivity index (χ2n) is 3.63. The normalized spacial score (nSPS) is 28.3. The van der Waals surface area contributed by atoms with Crippen LogP contribution in [0.2, 0.25) is 0 Å². The van der Waals surface area contributed by atoms with Gasteiger partial charge >= 0.3 is 0 Å². The average Bonchev–Trinajstić information content (AvgIpc) is 2.01. The molecule has 1 aliphatic rings. The van der Waals surface area contributed by atoms with E-state index < -0.39 is 21.3 Å². The lowest BCUT2D eigenvalue weighted by atomic mass is 9.99. The number of sulfone groups is 1. The van der Waals surface area contributed by atoms with E-state index >= 15 is 0 Å². The lowest BCUT2D eigenvalue weighted by molar-refractivity contribution is -0.116. The predicted molar refractivity (Wildman–Crippen MR) is 51.8 cm³/mol. The molecule has 0 aromatic heterocycles. The van der Waals surface area contributed by atoms with E-state index in [0.29, 0.717) is 12.8 Å². The van der Waals surface area contributed by atoms with Gasteiger partial charge in [0.15, 0.2) is 16.0 Å². The lowest BCUT2D eigenvalue weighted by Gasteiger charge is -2.22. The van der Waals surface area contributed by atoms with Crippen molar-refractivity contribution >= 4 is 26.7 Å². The van der Waals surface area contributed by atoms with Crippen molar-refractivity contribution in [1.82, 2.24) is 0 Å². The van der Waals surface area contributed by atoms with Crippen molar-refractivity contribution < 1.29 is 17.6 Å². The number of carbonyl (C=O) groups is 1. The predicted octanol–water partition coefficient (Wildman–Crippen LogP) is 1.30. The van der Waals surface area contributed by atoms with Gasteiger partial charge in [-0.2, -0.15) is 0 Å². The standard InChI is InChI=1S/C8H12ClFO3S/c9-8(11)7(10)4-6-2-1-3-14(12,13)5-6/h6-7H,1-5H2. The Morgan fingerprint density at radius 1 is 1.57 bits per heavy atom. The number of hydrogen-bond donors (Lipinski definition) is 0. The van der Waals surface area contributed by atoms with E-state index in [0.717, 1.165) is 0 Å². The summed E-state index contributed by atoms with van der Waals surface area (Å²) in [5.41, 5.74) is 0. The van der Waals surface area contributed by atoms with Crippen LogP contribution in [0.4, 0.5) is 4.39 Å². The van der Waals surface area contributed by atoms with Crippen LogP contribution in [0.25, 0.3) is 0 Å². The number of hydrogen-bond acceptors (Lipinski definition) is 3. The molecular weight excluding hydrogens is 231 g/mol. The Balaban J connectivity index is 2.50. The van der Waals surface area contributed by atoms with E-state index in [-0.39, 0.29) is 23.8 Å². The van der Waals surface area contributed by atoms with Crippen molar-refractivity contribution in [3.63, 3.8) is 0 Å². The third-order valence-corrected chi connectivity index (χ3v) is 4.47. The highest BCUT2D eigenvalue weighted by atomic mass is 35.5. The number of carbonyl (C=O) groups excluding carboxylic acids is 1. The third kappa shape index (κ3) is 3.53. The van der Waals surface area contributed by atoms with Gasteiger partial charge in [-0.25, -0.2) is 12.8 Å². The van der Waals surface area contributed by atoms with Gasteiger partial charge in [-0.15, -0.1) is 0 Å². The summed E-state index contributed by atoms with van der Waals surface area (Å²) in [7, 11) is -3.02. The Labute approximate surface area is 87.5 Å². The molecule has 0 amide bonds. The average molecular weight is 243 g/mol. The van der Waals surface area contributed by atoms with E-state index in [9.17, 15) is 17.6 Å². The molecule has 6 heteroatoms. The summed E-state index contributed by atoms with van der Waals surface area (Å²) in [5, 5.41) is -1.03. The summed E-state index contributed by atoms with van der Waals surface area (Å²) in [5.74, 6) is -0.0983. The van der Waals surface area contributed by atoms with Crippen LogP contribution in [0.3, 0.4) is 0 Å². The smallest absolute Gasteiger partial charge is 0.255 e. The zero-order valence-electron chi connectivity index (χ0n) is 7.58. The Morgan fingerprint density at radius 2 is 2.21 bits per heavy atom. The zero-order valence-corrected chi connectivity index (χ0v) is 9.15. The van der Waals surface area contributed by atoms with Crippen molar-refractivity contribution in [3.8, 4) is 0 Å². The van der Waals surface area contributed by atoms with Gasteiger partial charge in [-0.3, -0.25) is 4.79 Å². The monoisotopic (exact) mass is 242 g/mol. The maximum absolute atomic E-state index is 12.9. The Kier molecular flexibility index (Phi) is 3.89. The highest BCUT2D eigenvalue weighted by molar-refractivity contribution is 7.91. The first-order chi connectivity index (χ1) is 6.41. The maximum Gasteiger partial charge on any atom is 0.255 e. The molecular formula is C8H12ClFO3S. The molecule has 14 heavy (non-hydrogen) atoms. The quantitative estimate of drug-likeness (QED) is 0.701. The van der Waals surface area contributed by atoms with Crippen LogP contribution in [0.1, 0.15) is 19.3 Å². The lowest BCUT2D eigenvalue weighted by Crippen LogP contribution is -2.28. The molecule has 0 aromatic rings. The molecule has 1 rings (SSSR count). The van der Waals surface area contributed by atoms with Crippen LogP contribution < -0.4 is 0 Å². The summed E-state index contributed by atoms with van der Waals surface area (Å²) >= 11 is 4.96. The molecule has 2 unspecified atom stereocenters. The number of alkyl halides is 1. The molecule has 0 aliphatic carbocycles. The highest BCUT2D eigenvalue weighted by Crippen LogP contribution is 2.24. The summed E-state index contributed by atoms with van der Waals surface area (Å²) < 4.78 is 35.2. The molecule has 1 heterocycles. The molecule has 0 saturated carbocycles. The van der Waals surface area contributed by atoms with Crippen molar-refractivity contribution in [2.24, 2.45) is 5.92 Å². The van der Waals surface area contributed by atoms with Gasteiger partial charge < -0.3 is 0 Å². The molecule has 0 spiro atoms. The van der Waals surface area contributed by atoms with Gasteiger partial charge in [0.2, 0.25) is 0 Å². The van der Waals surface area contributed by atoms with Crippen LogP contribution in [-0.4, -0.2) is 31.3 Å². The van der Waals surface area contributed by atoms with Crippen LogP contribution in [0.15, 0.2) is 0 Å². The van der Waals surface area contributed by atoms with Crippen molar-refractivity contribution in [2.75, 3.05) is 11.5 Å². The first kappa shape index (κ1) is 11.9. The van der Waals surface area contributed by atoms with E-state index in [1.807, 2.05) is 0 Å². The fourth-order valence-electron chi connectivity index (χ4n) is 1.69. The molecule has 1 fully saturated rings. The fraction of sp³-hybridized carbons (Fsp3) is 0.875. The van der Waals surface area contributed by atoms with Gasteiger partial charge in [0.1, 0.15) is 0 Å². The van der Waals surface area contributed by atoms with Gasteiger partial charge in [-0.05, 0) is 36.8 Å². The maximum atomic E-state index is 12.9. The molecule has 1 saturated heterocycles. The minimum Gasteiger partial charge on any atom is -0.278 e. The Bertz CT molecular complexity index is 315.